The van der Waals surface area contributed by atoms with E-state index in [1.165, 1.54) is 11.7 Å². The molecule has 4 heteroatoms. The van der Waals surface area contributed by atoms with E-state index in [1.807, 2.05) is 31.2 Å². The maximum atomic E-state index is 11.9. The minimum Gasteiger partial charge on any atom is -0.469 e. The summed E-state index contributed by atoms with van der Waals surface area (Å²) in [5, 5.41) is 0.980. The van der Waals surface area contributed by atoms with Crippen molar-refractivity contribution in [2.45, 2.75) is 13.3 Å². The summed E-state index contributed by atoms with van der Waals surface area (Å²) >= 11 is 0. The van der Waals surface area contributed by atoms with Crippen LogP contribution in [0.15, 0.2) is 30.5 Å². The molecule has 2 rings (SSSR count). The molecule has 0 spiro atoms. The first-order valence-corrected chi connectivity index (χ1v) is 5.29. The Morgan fingerprint density at radius 3 is 2.76 bits per heavy atom. The van der Waals surface area contributed by atoms with Crippen LogP contribution < -0.4 is 0 Å². The van der Waals surface area contributed by atoms with E-state index in [9.17, 15) is 9.59 Å². The average molecular weight is 231 g/mol. The lowest BCUT2D eigenvalue weighted by Crippen LogP contribution is -2.15. The number of esters is 1. The van der Waals surface area contributed by atoms with E-state index in [0.29, 0.717) is 0 Å². The first-order valence-electron chi connectivity index (χ1n) is 5.29. The number of nitrogens with zero attached hydrogens (tertiary/aromatic N) is 1. The number of carbonyl (C=O) groups excluding carboxylic acids is 2. The van der Waals surface area contributed by atoms with Crippen molar-refractivity contribution >= 4 is 22.8 Å². The van der Waals surface area contributed by atoms with Gasteiger partial charge in [0, 0.05) is 11.6 Å². The van der Waals surface area contributed by atoms with Crippen LogP contribution in [0.2, 0.25) is 0 Å². The minimum absolute atomic E-state index is 0.242. The van der Waals surface area contributed by atoms with Crippen LogP contribution in [0.5, 0.6) is 0 Å². The van der Waals surface area contributed by atoms with Crippen molar-refractivity contribution in [3.63, 3.8) is 0 Å². The van der Waals surface area contributed by atoms with Gasteiger partial charge >= 0.3 is 5.97 Å². The van der Waals surface area contributed by atoms with Crippen molar-refractivity contribution in [2.24, 2.45) is 0 Å². The zero-order valence-electron chi connectivity index (χ0n) is 9.77. The van der Waals surface area contributed by atoms with Crippen molar-refractivity contribution in [1.29, 1.82) is 0 Å². The molecule has 4 nitrogen and oxygen atoms in total. The second kappa shape index (κ2) is 4.41. The highest BCUT2D eigenvalue weighted by Gasteiger charge is 2.13. The number of methoxy groups -OCH3 is 1. The fourth-order valence-corrected chi connectivity index (χ4v) is 1.74. The molecule has 1 aromatic heterocycles. The molecule has 17 heavy (non-hydrogen) atoms. The number of aryl methyl sites for hydroxylation is 1. The molecule has 0 N–H and O–H groups in total. The molecule has 0 amide bonds. The van der Waals surface area contributed by atoms with Gasteiger partial charge in [-0.2, -0.15) is 0 Å². The van der Waals surface area contributed by atoms with Crippen molar-refractivity contribution in [3.05, 3.63) is 36.0 Å². The number of hydrogen-bond donors (Lipinski definition) is 0. The highest BCUT2D eigenvalue weighted by Crippen LogP contribution is 2.17. The molecule has 0 fully saturated rings. The van der Waals surface area contributed by atoms with E-state index in [0.717, 1.165) is 16.5 Å². The molecule has 0 aliphatic heterocycles. The van der Waals surface area contributed by atoms with Crippen molar-refractivity contribution in [1.82, 2.24) is 4.57 Å². The maximum absolute atomic E-state index is 11.9. The summed E-state index contributed by atoms with van der Waals surface area (Å²) in [6, 6.07) is 7.71. The quantitative estimate of drug-likeness (QED) is 0.587. The van der Waals surface area contributed by atoms with Gasteiger partial charge in [-0.1, -0.05) is 12.1 Å². The van der Waals surface area contributed by atoms with Crippen LogP contribution in [0.1, 0.15) is 16.8 Å². The number of ether oxygens (including phenoxy) is 1. The molecule has 2 aromatic rings. The first kappa shape index (κ1) is 11.4. The standard InChI is InChI=1S/C13H13NO3/c1-9-3-4-10-5-6-14(11(10)7-9)12(15)8-13(16)17-2/h3-7H,8H2,1-2H3. The summed E-state index contributed by atoms with van der Waals surface area (Å²) in [7, 11) is 1.27. The second-order valence-electron chi connectivity index (χ2n) is 3.89. The SMILES string of the molecule is COC(=O)CC(=O)n1ccc2ccc(C)cc21. The summed E-state index contributed by atoms with van der Waals surface area (Å²) < 4.78 is 5.97. The minimum atomic E-state index is -0.524. The smallest absolute Gasteiger partial charge is 0.315 e. The Bertz CT molecular complexity index is 583. The molecule has 0 atom stereocenters. The number of rotatable bonds is 2. The Hall–Kier alpha value is -2.10. The Labute approximate surface area is 98.8 Å². The van der Waals surface area contributed by atoms with Crippen LogP contribution >= 0.6 is 0 Å². The van der Waals surface area contributed by atoms with Gasteiger partial charge in [0.05, 0.1) is 12.6 Å². The summed E-state index contributed by atoms with van der Waals surface area (Å²) in [5.74, 6) is -0.804. The molecule has 0 saturated carbocycles. The lowest BCUT2D eigenvalue weighted by atomic mass is 10.2. The van der Waals surface area contributed by atoms with E-state index in [-0.39, 0.29) is 12.3 Å². The number of hydrogen-bond acceptors (Lipinski definition) is 3. The Balaban J connectivity index is 2.38. The maximum Gasteiger partial charge on any atom is 0.315 e. The summed E-state index contributed by atoms with van der Waals surface area (Å²) in [6.07, 6.45) is 1.43. The molecule has 88 valence electrons. The monoisotopic (exact) mass is 231 g/mol. The Kier molecular flexibility index (Phi) is 2.95. The summed E-state index contributed by atoms with van der Waals surface area (Å²) in [6.45, 7) is 1.96. The summed E-state index contributed by atoms with van der Waals surface area (Å²) in [4.78, 5) is 22.9. The number of aromatic nitrogens is 1. The normalized spacial score (nSPS) is 10.5. The van der Waals surface area contributed by atoms with Gasteiger partial charge in [0.1, 0.15) is 6.42 Å². The van der Waals surface area contributed by atoms with Crippen LogP contribution in [0, 0.1) is 6.92 Å². The lowest BCUT2D eigenvalue weighted by Gasteiger charge is -2.03. The number of carbonyl (C=O) groups is 2. The van der Waals surface area contributed by atoms with Gasteiger partial charge in [-0.05, 0) is 24.6 Å². The Morgan fingerprint density at radius 1 is 1.29 bits per heavy atom. The van der Waals surface area contributed by atoms with Crippen LogP contribution in [-0.2, 0) is 9.53 Å². The number of benzene rings is 1. The fraction of sp³-hybridized carbons (Fsp3) is 0.231. The molecule has 0 unspecified atom stereocenters. The zero-order chi connectivity index (χ0) is 12.4. The molecular formula is C13H13NO3. The van der Waals surface area contributed by atoms with Gasteiger partial charge in [0.25, 0.3) is 0 Å². The van der Waals surface area contributed by atoms with Gasteiger partial charge in [0.2, 0.25) is 5.91 Å². The molecule has 0 bridgehead atoms. The van der Waals surface area contributed by atoms with Crippen molar-refractivity contribution < 1.29 is 14.3 Å². The molecule has 0 aliphatic rings. The van der Waals surface area contributed by atoms with Crippen molar-refractivity contribution in [2.75, 3.05) is 7.11 Å². The molecule has 0 aliphatic carbocycles. The highest BCUT2D eigenvalue weighted by atomic mass is 16.5. The van der Waals surface area contributed by atoms with E-state index >= 15 is 0 Å². The molecular weight excluding hydrogens is 218 g/mol. The Morgan fingerprint density at radius 2 is 2.06 bits per heavy atom. The lowest BCUT2D eigenvalue weighted by molar-refractivity contribution is -0.139. The van der Waals surface area contributed by atoms with Gasteiger partial charge in [-0.15, -0.1) is 0 Å². The average Bonchev–Trinajstić information content (AvgIpc) is 2.71. The van der Waals surface area contributed by atoms with Crippen molar-refractivity contribution in [3.8, 4) is 0 Å². The second-order valence-corrected chi connectivity index (χ2v) is 3.89. The summed E-state index contributed by atoms with van der Waals surface area (Å²) in [5.41, 5.74) is 1.89. The fourth-order valence-electron chi connectivity index (χ4n) is 1.74. The van der Waals surface area contributed by atoms with Crippen LogP contribution in [0.25, 0.3) is 10.9 Å². The van der Waals surface area contributed by atoms with Gasteiger partial charge in [-0.3, -0.25) is 14.2 Å². The van der Waals surface area contributed by atoms with E-state index < -0.39 is 5.97 Å². The van der Waals surface area contributed by atoms with Gasteiger partial charge < -0.3 is 4.74 Å². The molecule has 1 aromatic carbocycles. The molecule has 0 saturated heterocycles. The first-order chi connectivity index (χ1) is 8.11. The third-order valence-corrected chi connectivity index (χ3v) is 2.64. The highest BCUT2D eigenvalue weighted by molar-refractivity contribution is 6.00. The topological polar surface area (TPSA) is 48.3 Å². The van der Waals surface area contributed by atoms with Crippen LogP contribution in [0.4, 0.5) is 0 Å². The predicted molar refractivity (Wildman–Crippen MR) is 63.9 cm³/mol. The zero-order valence-corrected chi connectivity index (χ0v) is 9.77. The van der Waals surface area contributed by atoms with Gasteiger partial charge in [0.15, 0.2) is 0 Å². The van der Waals surface area contributed by atoms with Crippen LogP contribution in [0.3, 0.4) is 0 Å². The van der Waals surface area contributed by atoms with Crippen LogP contribution in [-0.4, -0.2) is 23.6 Å². The third-order valence-electron chi connectivity index (χ3n) is 2.64. The van der Waals surface area contributed by atoms with E-state index in [2.05, 4.69) is 4.74 Å². The number of fused-ring (bicyclic) bond motifs is 1. The van der Waals surface area contributed by atoms with E-state index in [4.69, 9.17) is 0 Å². The van der Waals surface area contributed by atoms with Gasteiger partial charge in [-0.25, -0.2) is 0 Å². The van der Waals surface area contributed by atoms with E-state index in [1.54, 1.807) is 6.20 Å². The predicted octanol–water partition coefficient (Wildman–Crippen LogP) is 2.15. The largest absolute Gasteiger partial charge is 0.469 e. The molecule has 1 heterocycles. The third kappa shape index (κ3) is 2.20. The molecule has 0 radical (unpaired) electrons.